The predicted molar refractivity (Wildman–Crippen MR) is 275 cm³/mol. The number of carbonyl (C=O) groups excluding carboxylic acids is 9. The quantitative estimate of drug-likeness (QED) is 0.0338. The Kier molecular flexibility index (Phi) is 18.4. The number of anilines is 1. The minimum absolute atomic E-state index is 0.0201. The number of benzene rings is 1. The molecular formula is C54H74N6O14S. The fraction of sp³-hybridized carbons (Fsp3) is 0.648. The molecule has 2 unspecified atom stereocenters. The number of aliphatic hydroxyl groups excluding tert-OH is 1. The van der Waals surface area contributed by atoms with Crippen LogP contribution in [0.2, 0.25) is 0 Å². The largest absolute Gasteiger partial charge is 0.509 e. The molecule has 20 nitrogen and oxygen atoms in total. The molecular weight excluding hydrogens is 989 g/mol. The number of amides is 7. The van der Waals surface area contributed by atoms with E-state index in [4.69, 9.17) is 24.7 Å². The van der Waals surface area contributed by atoms with E-state index in [9.17, 15) is 48.3 Å². The SMILES string of the molecule is CCCC1O[C@@H]2C[C@H]3[C@@H]4CCC5=CC(=O)C=C[C@]5(C)[C@H]4[C@@H](O)C[C@]3(C)[C@]2(C(=O)COC(=O)OCc2ccc(NC(=O)[C@H](CCCNC(N)=O)NC(=O)[C@@H](NC(=O)CCCCCN3C(=O)CC(S)C3=O)C(C)C)cc2)O1. The van der Waals surface area contributed by atoms with Gasteiger partial charge in [-0.3, -0.25) is 38.5 Å². The number of likely N-dealkylation sites (tertiary alicyclic amines) is 1. The van der Waals surface area contributed by atoms with Gasteiger partial charge in [0.2, 0.25) is 35.3 Å². The molecule has 12 atom stereocenters. The number of fused-ring (bicyclic) bond motifs is 7. The van der Waals surface area contributed by atoms with Crippen LogP contribution in [0.3, 0.4) is 0 Å². The minimum atomic E-state index is -1.48. The number of hydrogen-bond donors (Lipinski definition) is 7. The van der Waals surface area contributed by atoms with E-state index in [1.54, 1.807) is 50.3 Å². The number of thiol groups is 1. The van der Waals surface area contributed by atoms with Gasteiger partial charge in [-0.25, -0.2) is 9.59 Å². The van der Waals surface area contributed by atoms with Crippen molar-refractivity contribution in [3.05, 3.63) is 53.6 Å². The Morgan fingerprint density at radius 2 is 1.73 bits per heavy atom. The zero-order chi connectivity index (χ0) is 54.4. The molecule has 0 bridgehead atoms. The van der Waals surface area contributed by atoms with Crippen molar-refractivity contribution in [1.82, 2.24) is 20.9 Å². The first-order valence-electron chi connectivity index (χ1n) is 26.4. The lowest BCUT2D eigenvalue weighted by Crippen LogP contribution is -2.63. The molecule has 2 heterocycles. The fourth-order valence-electron chi connectivity index (χ4n) is 12.8. The third-order valence-electron chi connectivity index (χ3n) is 16.5. The van der Waals surface area contributed by atoms with Crippen LogP contribution in [0.25, 0.3) is 0 Å². The summed E-state index contributed by atoms with van der Waals surface area (Å²) < 4.78 is 24.0. The number of aliphatic hydroxyl groups is 1. The van der Waals surface area contributed by atoms with E-state index in [0.29, 0.717) is 49.8 Å². The number of carbonyl (C=O) groups is 9. The van der Waals surface area contributed by atoms with E-state index in [-0.39, 0.29) is 99.0 Å². The average Bonchev–Trinajstić information content (AvgIpc) is 3.94. The van der Waals surface area contributed by atoms with Gasteiger partial charge in [0.15, 0.2) is 24.3 Å². The van der Waals surface area contributed by atoms with Gasteiger partial charge in [0, 0.05) is 48.4 Å². The third kappa shape index (κ3) is 12.3. The topological polar surface area (TPSA) is 288 Å². The maximum absolute atomic E-state index is 14.6. The van der Waals surface area contributed by atoms with Crippen molar-refractivity contribution in [1.29, 1.82) is 0 Å². The molecule has 7 amide bonds. The zero-order valence-corrected chi connectivity index (χ0v) is 44.5. The molecule has 3 saturated carbocycles. The summed E-state index contributed by atoms with van der Waals surface area (Å²) in [7, 11) is 0. The number of rotatable bonds is 23. The molecule has 6 aliphatic rings. The number of unbranched alkanes of at least 4 members (excludes halogenated alkanes) is 2. The standard InChI is InChI=1S/C54H74N6O14S/c1-6-11-44-73-41-25-36-35-19-16-32-24-34(61)20-21-52(32,4)45(35)38(62)27-53(36,5)54(41,74-44)40(63)29-72-51(70)71-28-31-14-17-33(18-15-31)57-47(66)37(12-10-22-56-50(55)69)58-48(67)46(30(2)3)59-42(64)13-8-7-9-23-60-43(65)26-39(75)49(60)68/h14-15,17-18,20-21,24,30,35-39,41,44-46,62,75H,6-13,16,19,22-23,25-29H2,1-5H3,(H,57,66)(H,58,67)(H,59,64)(H3,55,56,69)/t35-,36-,37-,38-,39?,41+,44?,45+,46-,52-,53-,54+/m0/s1. The van der Waals surface area contributed by atoms with Crippen LogP contribution in [0, 0.1) is 34.5 Å². The maximum atomic E-state index is 14.6. The maximum Gasteiger partial charge on any atom is 0.509 e. The van der Waals surface area contributed by atoms with Crippen LogP contribution in [-0.4, -0.2) is 124 Å². The molecule has 0 spiro atoms. The number of primary amides is 1. The van der Waals surface area contributed by atoms with Crippen molar-refractivity contribution < 1.29 is 67.2 Å². The Hall–Kier alpha value is -5.64. The van der Waals surface area contributed by atoms with Crippen molar-refractivity contribution in [2.45, 2.75) is 166 Å². The first-order valence-corrected chi connectivity index (χ1v) is 27.0. The number of ether oxygens (including phenoxy) is 4. The van der Waals surface area contributed by atoms with Crippen LogP contribution < -0.4 is 27.0 Å². The molecule has 2 saturated heterocycles. The highest BCUT2D eigenvalue weighted by molar-refractivity contribution is 7.81. The van der Waals surface area contributed by atoms with Crippen molar-refractivity contribution in [2.24, 2.45) is 40.2 Å². The van der Waals surface area contributed by atoms with Crippen LogP contribution in [0.4, 0.5) is 15.3 Å². The van der Waals surface area contributed by atoms with Crippen molar-refractivity contribution >= 4 is 71.6 Å². The second-order valence-electron chi connectivity index (χ2n) is 21.8. The van der Waals surface area contributed by atoms with Gasteiger partial charge in [0.05, 0.1) is 17.5 Å². The smallest absolute Gasteiger partial charge is 0.429 e. The van der Waals surface area contributed by atoms with E-state index in [1.807, 2.05) is 19.9 Å². The second-order valence-corrected chi connectivity index (χ2v) is 22.4. The molecule has 4 aliphatic carbocycles. The molecule has 7 N–H and O–H groups in total. The lowest BCUT2D eigenvalue weighted by Gasteiger charge is -2.59. The van der Waals surface area contributed by atoms with Crippen molar-refractivity contribution in [3.8, 4) is 0 Å². The second kappa shape index (κ2) is 24.1. The highest BCUT2D eigenvalue weighted by atomic mass is 32.1. The first-order chi connectivity index (χ1) is 35.6. The number of allylic oxidation sites excluding steroid dienone is 4. The number of nitrogens with zero attached hydrogens (tertiary/aromatic N) is 1. The van der Waals surface area contributed by atoms with Gasteiger partial charge >= 0.3 is 12.2 Å². The number of Topliss-reactive ketones (excluding diaryl/α,β-unsaturated/α-hetero) is 1. The Labute approximate surface area is 443 Å². The van der Waals surface area contributed by atoms with Gasteiger partial charge in [-0.05, 0) is 105 Å². The summed E-state index contributed by atoms with van der Waals surface area (Å²) >= 11 is 4.14. The lowest BCUT2D eigenvalue weighted by molar-refractivity contribution is -0.200. The Morgan fingerprint density at radius 3 is 2.41 bits per heavy atom. The van der Waals surface area contributed by atoms with Crippen molar-refractivity contribution in [2.75, 3.05) is 25.0 Å². The highest BCUT2D eigenvalue weighted by Gasteiger charge is 2.76. The number of urea groups is 1. The van der Waals surface area contributed by atoms with Crippen LogP contribution >= 0.6 is 12.6 Å². The normalized spacial score (nSPS) is 30.3. The summed E-state index contributed by atoms with van der Waals surface area (Å²) in [5.41, 5.74) is 4.29. The summed E-state index contributed by atoms with van der Waals surface area (Å²) in [4.78, 5) is 117. The molecule has 2 aliphatic heterocycles. The predicted octanol–water partition coefficient (Wildman–Crippen LogP) is 4.71. The molecule has 0 radical (unpaired) electrons. The molecule has 0 aromatic heterocycles. The Balaban J connectivity index is 0.911. The molecule has 1 aromatic carbocycles. The van der Waals surface area contributed by atoms with Crippen LogP contribution in [-0.2, 0) is 59.1 Å². The van der Waals surface area contributed by atoms with E-state index in [2.05, 4.69) is 40.8 Å². The summed E-state index contributed by atoms with van der Waals surface area (Å²) in [6, 6.07) is 3.55. The van der Waals surface area contributed by atoms with E-state index in [1.165, 1.54) is 4.90 Å². The summed E-state index contributed by atoms with van der Waals surface area (Å²) in [5, 5.41) is 22.2. The lowest BCUT2D eigenvalue weighted by atomic mass is 9.46. The molecule has 75 heavy (non-hydrogen) atoms. The Bertz CT molecular complexity index is 2430. The monoisotopic (exact) mass is 1060 g/mol. The van der Waals surface area contributed by atoms with Crippen LogP contribution in [0.1, 0.15) is 124 Å². The molecule has 7 rings (SSSR count). The minimum Gasteiger partial charge on any atom is -0.429 e. The summed E-state index contributed by atoms with van der Waals surface area (Å²) in [6.45, 7) is 9.10. The third-order valence-corrected chi connectivity index (χ3v) is 16.9. The first kappa shape index (κ1) is 57.1. The van der Waals surface area contributed by atoms with Gasteiger partial charge in [0.1, 0.15) is 18.7 Å². The van der Waals surface area contributed by atoms with Gasteiger partial charge in [-0.1, -0.05) is 71.2 Å². The number of imide groups is 1. The van der Waals surface area contributed by atoms with Gasteiger partial charge in [-0.15, -0.1) is 0 Å². The number of hydrogen-bond acceptors (Lipinski definition) is 15. The van der Waals surface area contributed by atoms with Crippen LogP contribution in [0.5, 0.6) is 0 Å². The van der Waals surface area contributed by atoms with Gasteiger partial charge < -0.3 is 51.1 Å². The number of nitrogens with two attached hydrogens (primary N) is 1. The van der Waals surface area contributed by atoms with Crippen LogP contribution in [0.15, 0.2) is 48.1 Å². The molecule has 5 fully saturated rings. The highest BCUT2D eigenvalue weighted by Crippen LogP contribution is 2.69. The van der Waals surface area contributed by atoms with Gasteiger partial charge in [0.25, 0.3) is 0 Å². The Morgan fingerprint density at radius 1 is 0.987 bits per heavy atom. The van der Waals surface area contributed by atoms with E-state index >= 15 is 0 Å². The van der Waals surface area contributed by atoms with Gasteiger partial charge in [-0.2, -0.15) is 12.6 Å². The summed E-state index contributed by atoms with van der Waals surface area (Å²) in [6.07, 6.45) is 7.72. The average molecular weight is 1060 g/mol. The van der Waals surface area contributed by atoms with E-state index in [0.717, 1.165) is 18.4 Å². The zero-order valence-electron chi connectivity index (χ0n) is 43.6. The molecule has 410 valence electrons. The molecule has 21 heteroatoms. The number of nitrogens with one attached hydrogen (secondary N) is 4. The van der Waals surface area contributed by atoms with E-state index < -0.39 is 88.7 Å². The molecule has 1 aromatic rings. The number of ketones is 2. The fourth-order valence-corrected chi connectivity index (χ4v) is 13.1. The summed E-state index contributed by atoms with van der Waals surface area (Å²) in [5.74, 6) is -3.18. The van der Waals surface area contributed by atoms with Crippen molar-refractivity contribution in [3.63, 3.8) is 0 Å².